The highest BCUT2D eigenvalue weighted by Crippen LogP contribution is 2.30. The number of fused-ring (bicyclic) bond motifs is 1. The molecule has 0 aromatic heterocycles. The summed E-state index contributed by atoms with van der Waals surface area (Å²) in [4.78, 5) is 48.6. The molecule has 146 valence electrons. The number of anilines is 1. The van der Waals surface area contributed by atoms with Crippen molar-refractivity contribution < 1.29 is 24.3 Å². The molecular formula is C19H25N3O5. The second-order valence-electron chi connectivity index (χ2n) is 7.46. The van der Waals surface area contributed by atoms with Crippen molar-refractivity contribution in [1.82, 2.24) is 10.2 Å². The average Bonchev–Trinajstić information content (AvgIpc) is 2.81. The fourth-order valence-corrected chi connectivity index (χ4v) is 2.88. The summed E-state index contributed by atoms with van der Waals surface area (Å²) in [6.45, 7) is 5.79. The van der Waals surface area contributed by atoms with E-state index < -0.39 is 17.5 Å². The summed E-state index contributed by atoms with van der Waals surface area (Å²) >= 11 is 0. The summed E-state index contributed by atoms with van der Waals surface area (Å²) in [5.74, 6) is -1.53. The minimum atomic E-state index is -0.824. The Hall–Kier alpha value is -2.90. The first-order valence-corrected chi connectivity index (χ1v) is 8.91. The number of aliphatic carboxylic acids is 1. The third-order valence-electron chi connectivity index (χ3n) is 4.17. The van der Waals surface area contributed by atoms with Gasteiger partial charge in [-0.3, -0.25) is 19.3 Å². The Labute approximate surface area is 157 Å². The Morgan fingerprint density at radius 1 is 1.04 bits per heavy atom. The lowest BCUT2D eigenvalue weighted by Gasteiger charge is -2.29. The normalized spacial score (nSPS) is 13.5. The van der Waals surface area contributed by atoms with Gasteiger partial charge in [0.1, 0.15) is 0 Å². The zero-order valence-corrected chi connectivity index (χ0v) is 15.8. The van der Waals surface area contributed by atoms with Crippen LogP contribution in [0.5, 0.6) is 0 Å². The smallest absolute Gasteiger partial charge is 0.319 e. The number of imide groups is 1. The highest BCUT2D eigenvalue weighted by Gasteiger charge is 2.41. The molecule has 1 aromatic carbocycles. The molecule has 0 spiro atoms. The van der Waals surface area contributed by atoms with Crippen LogP contribution in [-0.2, 0) is 4.79 Å². The molecule has 0 bridgehead atoms. The minimum Gasteiger partial charge on any atom is -0.481 e. The van der Waals surface area contributed by atoms with E-state index in [1.54, 1.807) is 32.9 Å². The number of hydrogen-bond donors (Lipinski definition) is 3. The predicted octanol–water partition coefficient (Wildman–Crippen LogP) is 2.85. The molecule has 1 aromatic rings. The van der Waals surface area contributed by atoms with Gasteiger partial charge in [-0.25, -0.2) is 4.79 Å². The van der Waals surface area contributed by atoms with Gasteiger partial charge in [-0.05, 0) is 51.8 Å². The summed E-state index contributed by atoms with van der Waals surface area (Å²) in [5.41, 5.74) is 0.411. The Bertz CT molecular complexity index is 767. The van der Waals surface area contributed by atoms with Crippen molar-refractivity contribution in [2.45, 2.75) is 52.0 Å². The van der Waals surface area contributed by atoms with Gasteiger partial charge in [0.05, 0.1) is 11.1 Å². The lowest BCUT2D eigenvalue weighted by Crippen LogP contribution is -2.45. The standard InChI is InChI=1S/C19H25N3O5/c1-19(2,3)22-16(25)13-9-8-12(11-14(13)17(22)26)21-18(27)20-10-6-4-5-7-15(23)24/h8-9,11H,4-7,10H2,1-3H3,(H,23,24)(H2,20,21,27). The molecule has 8 heteroatoms. The molecular weight excluding hydrogens is 350 g/mol. The third-order valence-corrected chi connectivity index (χ3v) is 4.17. The first kappa shape index (κ1) is 20.4. The molecule has 0 fully saturated rings. The van der Waals surface area contributed by atoms with Crippen LogP contribution in [0.1, 0.15) is 67.2 Å². The quantitative estimate of drug-likeness (QED) is 0.501. The van der Waals surface area contributed by atoms with Crippen LogP contribution in [0.25, 0.3) is 0 Å². The summed E-state index contributed by atoms with van der Waals surface area (Å²) in [7, 11) is 0. The van der Waals surface area contributed by atoms with Crippen molar-refractivity contribution in [3.63, 3.8) is 0 Å². The van der Waals surface area contributed by atoms with E-state index in [4.69, 9.17) is 5.11 Å². The fourth-order valence-electron chi connectivity index (χ4n) is 2.88. The number of unbranched alkanes of at least 4 members (excludes halogenated alkanes) is 2. The Kier molecular flexibility index (Phi) is 6.20. The molecule has 0 atom stereocenters. The van der Waals surface area contributed by atoms with E-state index in [0.29, 0.717) is 37.1 Å². The van der Waals surface area contributed by atoms with Gasteiger partial charge in [0, 0.05) is 24.2 Å². The zero-order valence-electron chi connectivity index (χ0n) is 15.8. The number of rotatable bonds is 7. The molecule has 8 nitrogen and oxygen atoms in total. The number of amides is 4. The van der Waals surface area contributed by atoms with E-state index in [1.165, 1.54) is 11.0 Å². The summed E-state index contributed by atoms with van der Waals surface area (Å²) < 4.78 is 0. The lowest BCUT2D eigenvalue weighted by molar-refractivity contribution is -0.137. The highest BCUT2D eigenvalue weighted by atomic mass is 16.4. The zero-order chi connectivity index (χ0) is 20.2. The van der Waals surface area contributed by atoms with Crippen molar-refractivity contribution in [3.8, 4) is 0 Å². The molecule has 0 radical (unpaired) electrons. The molecule has 0 aliphatic carbocycles. The van der Waals surface area contributed by atoms with E-state index in [0.717, 1.165) is 0 Å². The van der Waals surface area contributed by atoms with Gasteiger partial charge in [0.25, 0.3) is 11.8 Å². The van der Waals surface area contributed by atoms with Gasteiger partial charge < -0.3 is 15.7 Å². The van der Waals surface area contributed by atoms with Crippen molar-refractivity contribution in [3.05, 3.63) is 29.3 Å². The molecule has 4 amide bonds. The number of carbonyl (C=O) groups excluding carboxylic acids is 3. The molecule has 27 heavy (non-hydrogen) atoms. The largest absolute Gasteiger partial charge is 0.481 e. The fraction of sp³-hybridized carbons (Fsp3) is 0.474. The van der Waals surface area contributed by atoms with Gasteiger partial charge in [-0.2, -0.15) is 0 Å². The van der Waals surface area contributed by atoms with E-state index in [9.17, 15) is 19.2 Å². The topological polar surface area (TPSA) is 116 Å². The van der Waals surface area contributed by atoms with Gasteiger partial charge >= 0.3 is 12.0 Å². The number of carboxylic acids is 1. The number of nitrogens with zero attached hydrogens (tertiary/aromatic N) is 1. The lowest BCUT2D eigenvalue weighted by atomic mass is 10.1. The van der Waals surface area contributed by atoms with Crippen LogP contribution in [0.2, 0.25) is 0 Å². The first-order chi connectivity index (χ1) is 12.6. The number of hydrogen-bond acceptors (Lipinski definition) is 4. The van der Waals surface area contributed by atoms with Crippen LogP contribution >= 0.6 is 0 Å². The second kappa shape index (κ2) is 8.20. The molecule has 1 heterocycles. The van der Waals surface area contributed by atoms with Gasteiger partial charge in [-0.1, -0.05) is 6.42 Å². The van der Waals surface area contributed by atoms with E-state index in [-0.39, 0.29) is 23.8 Å². The molecule has 2 rings (SSSR count). The number of carbonyl (C=O) groups is 4. The number of urea groups is 1. The SMILES string of the molecule is CC(C)(C)N1C(=O)c2ccc(NC(=O)NCCCCCC(=O)O)cc2C1=O. The molecule has 1 aliphatic rings. The number of benzene rings is 1. The molecule has 1 aliphatic heterocycles. The van der Waals surface area contributed by atoms with E-state index >= 15 is 0 Å². The van der Waals surface area contributed by atoms with Gasteiger partial charge in [0.2, 0.25) is 0 Å². The number of nitrogens with one attached hydrogen (secondary N) is 2. The molecule has 3 N–H and O–H groups in total. The first-order valence-electron chi connectivity index (χ1n) is 8.91. The van der Waals surface area contributed by atoms with E-state index in [1.807, 2.05) is 0 Å². The maximum Gasteiger partial charge on any atom is 0.319 e. The Morgan fingerprint density at radius 2 is 1.70 bits per heavy atom. The van der Waals surface area contributed by atoms with Crippen molar-refractivity contribution >= 4 is 29.5 Å². The second-order valence-corrected chi connectivity index (χ2v) is 7.46. The van der Waals surface area contributed by atoms with Gasteiger partial charge in [0.15, 0.2) is 0 Å². The van der Waals surface area contributed by atoms with Crippen molar-refractivity contribution in [2.75, 3.05) is 11.9 Å². The van der Waals surface area contributed by atoms with Crippen LogP contribution < -0.4 is 10.6 Å². The minimum absolute atomic E-state index is 0.125. The van der Waals surface area contributed by atoms with Gasteiger partial charge in [-0.15, -0.1) is 0 Å². The Balaban J connectivity index is 1.90. The van der Waals surface area contributed by atoms with Crippen LogP contribution in [-0.4, -0.2) is 45.9 Å². The predicted molar refractivity (Wildman–Crippen MR) is 99.8 cm³/mol. The summed E-state index contributed by atoms with van der Waals surface area (Å²) in [5, 5.41) is 13.9. The van der Waals surface area contributed by atoms with Crippen LogP contribution in [0.4, 0.5) is 10.5 Å². The third kappa shape index (κ3) is 5.06. The van der Waals surface area contributed by atoms with Crippen LogP contribution in [0.3, 0.4) is 0 Å². The van der Waals surface area contributed by atoms with Crippen LogP contribution in [0.15, 0.2) is 18.2 Å². The molecule has 0 saturated carbocycles. The van der Waals surface area contributed by atoms with Crippen molar-refractivity contribution in [1.29, 1.82) is 0 Å². The molecule has 0 saturated heterocycles. The summed E-state index contributed by atoms with van der Waals surface area (Å²) in [6, 6.07) is 4.22. The monoisotopic (exact) mass is 375 g/mol. The van der Waals surface area contributed by atoms with Crippen molar-refractivity contribution in [2.24, 2.45) is 0 Å². The molecule has 0 unspecified atom stereocenters. The maximum absolute atomic E-state index is 12.5. The summed E-state index contributed by atoms with van der Waals surface area (Å²) in [6.07, 6.45) is 2.09. The average molecular weight is 375 g/mol. The highest BCUT2D eigenvalue weighted by molar-refractivity contribution is 6.22. The van der Waals surface area contributed by atoms with Crippen LogP contribution in [0, 0.1) is 0 Å². The number of carboxylic acid groups (broad SMARTS) is 1. The van der Waals surface area contributed by atoms with E-state index in [2.05, 4.69) is 10.6 Å². The Morgan fingerprint density at radius 3 is 2.33 bits per heavy atom. The maximum atomic E-state index is 12.5.